The Bertz CT molecular complexity index is 921. The molecule has 1 saturated heterocycles. The van der Waals surface area contributed by atoms with Crippen LogP contribution in [0.4, 0.5) is 0 Å². The molecule has 4 aliphatic rings. The van der Waals surface area contributed by atoms with Crippen molar-refractivity contribution in [2.24, 2.45) is 29.1 Å². The molecule has 3 aliphatic carbocycles. The quantitative estimate of drug-likeness (QED) is 0.0839. The van der Waals surface area contributed by atoms with Gasteiger partial charge in [0.2, 0.25) is 0 Å². The SMILES string of the molecule is CCC1(COCCC[Si](C)(O[Si](C)(O[Si](C)OC[Si](C)C)C2CC3CC2C2C=CCC32)O[Si](C)(C)[Si](C)(C)C)COC1. The molecule has 7 atom stereocenters. The van der Waals surface area contributed by atoms with Gasteiger partial charge in [-0.3, -0.25) is 0 Å². The Balaban J connectivity index is 1.53. The highest BCUT2D eigenvalue weighted by atomic mass is 29.3. The maximum atomic E-state index is 7.66. The summed E-state index contributed by atoms with van der Waals surface area (Å²) in [4.78, 5) is 0. The third-order valence-corrected chi connectivity index (χ3v) is 41.3. The summed E-state index contributed by atoms with van der Waals surface area (Å²) in [6.45, 7) is 29.4. The summed E-state index contributed by atoms with van der Waals surface area (Å²) in [6.07, 6.45) is 11.8. The largest absolute Gasteiger partial charge is 0.439 e. The fourth-order valence-electron chi connectivity index (χ4n) is 7.69. The minimum Gasteiger partial charge on any atom is -0.439 e. The van der Waals surface area contributed by atoms with Crippen LogP contribution in [-0.4, -0.2) is 83.3 Å². The van der Waals surface area contributed by atoms with Crippen molar-refractivity contribution < 1.29 is 26.2 Å². The molecule has 4 rings (SSSR count). The zero-order valence-electron chi connectivity index (χ0n) is 28.8. The van der Waals surface area contributed by atoms with Crippen LogP contribution in [0.2, 0.25) is 77.1 Å². The van der Waals surface area contributed by atoms with Gasteiger partial charge in [-0.15, -0.1) is 0 Å². The molecular formula is C30H62O6Si6. The van der Waals surface area contributed by atoms with E-state index in [2.05, 4.69) is 84.5 Å². The highest BCUT2D eigenvalue weighted by molar-refractivity contribution is 7.38. The summed E-state index contributed by atoms with van der Waals surface area (Å²) < 4.78 is 40.5. The third-order valence-electron chi connectivity index (χ3n) is 11.2. The Labute approximate surface area is 265 Å². The molecule has 0 N–H and O–H groups in total. The van der Waals surface area contributed by atoms with Gasteiger partial charge < -0.3 is 26.2 Å². The fourth-order valence-corrected chi connectivity index (χ4v) is 31.6. The van der Waals surface area contributed by atoms with Crippen LogP contribution in [-0.2, 0) is 26.2 Å². The van der Waals surface area contributed by atoms with E-state index in [1.807, 2.05) is 0 Å². The summed E-state index contributed by atoms with van der Waals surface area (Å²) in [5.74, 6) is 3.10. The average molecular weight is 687 g/mol. The fraction of sp³-hybridized carbons (Fsp3) is 0.933. The van der Waals surface area contributed by atoms with Gasteiger partial charge >= 0.3 is 26.4 Å². The van der Waals surface area contributed by atoms with Gasteiger partial charge in [-0.05, 0) is 94.6 Å². The van der Waals surface area contributed by atoms with E-state index in [0.717, 1.165) is 69.3 Å². The van der Waals surface area contributed by atoms with E-state index in [9.17, 15) is 0 Å². The molecule has 2 saturated carbocycles. The molecule has 0 amide bonds. The van der Waals surface area contributed by atoms with Gasteiger partial charge in [0.1, 0.15) is 0 Å². The Hall–Kier alpha value is 0.801. The van der Waals surface area contributed by atoms with Crippen LogP contribution < -0.4 is 0 Å². The second-order valence-corrected chi connectivity index (χ2v) is 43.7. The Morgan fingerprint density at radius 2 is 1.67 bits per heavy atom. The van der Waals surface area contributed by atoms with Gasteiger partial charge in [0.05, 0.1) is 36.2 Å². The van der Waals surface area contributed by atoms with E-state index >= 15 is 0 Å². The van der Waals surface area contributed by atoms with Crippen LogP contribution in [0.3, 0.4) is 0 Å². The molecule has 7 unspecified atom stereocenters. The van der Waals surface area contributed by atoms with Crippen molar-refractivity contribution in [1.29, 1.82) is 0 Å². The number of fused-ring (bicyclic) bond motifs is 5. The van der Waals surface area contributed by atoms with E-state index < -0.39 is 50.6 Å². The van der Waals surface area contributed by atoms with Gasteiger partial charge in [-0.25, -0.2) is 0 Å². The second kappa shape index (κ2) is 13.9. The maximum Gasteiger partial charge on any atom is 0.371 e. The highest BCUT2D eigenvalue weighted by Crippen LogP contribution is 2.64. The molecule has 12 heteroatoms. The van der Waals surface area contributed by atoms with Crippen LogP contribution >= 0.6 is 0 Å². The Morgan fingerprint density at radius 3 is 2.26 bits per heavy atom. The molecule has 0 aromatic carbocycles. The van der Waals surface area contributed by atoms with Gasteiger partial charge in [0, 0.05) is 23.8 Å². The molecule has 0 aromatic heterocycles. The van der Waals surface area contributed by atoms with E-state index in [1.165, 1.54) is 19.3 Å². The number of hydrogen-bond donors (Lipinski definition) is 0. The lowest BCUT2D eigenvalue weighted by atomic mass is 9.81. The number of ether oxygens (including phenoxy) is 2. The lowest BCUT2D eigenvalue weighted by Crippen LogP contribution is -2.65. The van der Waals surface area contributed by atoms with Crippen molar-refractivity contribution >= 4 is 50.6 Å². The molecule has 0 aromatic rings. The smallest absolute Gasteiger partial charge is 0.371 e. The van der Waals surface area contributed by atoms with Gasteiger partial charge in [-0.2, -0.15) is 0 Å². The number of rotatable bonds is 18. The molecule has 2 bridgehead atoms. The van der Waals surface area contributed by atoms with E-state index in [-0.39, 0.29) is 5.41 Å². The third kappa shape index (κ3) is 8.20. The molecule has 2 radical (unpaired) electrons. The standard InChI is InChI=1S/C30H62O6Si6/c1-12-30(22-32-23-30)21-31-17-14-18-41(10,35-40(8,9)39(5,6)7)36-42(11,34-38(4)33-24-37(2)3)29-20-25-19-28(29)27-16-13-15-26(25)27/h13,16,25-29H,12,14-15,17-24H2,1-11H3. The van der Waals surface area contributed by atoms with Crippen LogP contribution in [0.1, 0.15) is 39.0 Å². The Morgan fingerprint density at radius 1 is 0.952 bits per heavy atom. The number of allylic oxidation sites excluding steroid dienone is 2. The summed E-state index contributed by atoms with van der Waals surface area (Å²) in [7, 11) is -10.5. The van der Waals surface area contributed by atoms with Gasteiger partial charge in [0.15, 0.2) is 7.83 Å². The predicted octanol–water partition coefficient (Wildman–Crippen LogP) is 7.67. The second-order valence-electron chi connectivity index (χ2n) is 16.1. The predicted molar refractivity (Wildman–Crippen MR) is 187 cm³/mol. The van der Waals surface area contributed by atoms with E-state index in [4.69, 9.17) is 26.2 Å². The van der Waals surface area contributed by atoms with Crippen LogP contribution in [0.5, 0.6) is 0 Å². The van der Waals surface area contributed by atoms with Crippen LogP contribution in [0.15, 0.2) is 12.2 Å². The zero-order chi connectivity index (χ0) is 31.0. The topological polar surface area (TPSA) is 55.4 Å². The van der Waals surface area contributed by atoms with Crippen LogP contribution in [0.25, 0.3) is 0 Å². The summed E-state index contributed by atoms with van der Waals surface area (Å²) in [5.41, 5.74) is 0.751. The molecule has 3 fully saturated rings. The van der Waals surface area contributed by atoms with Gasteiger partial charge in [0.25, 0.3) is 0 Å². The minimum absolute atomic E-state index is 0.228. The zero-order valence-corrected chi connectivity index (χ0v) is 34.8. The average Bonchev–Trinajstić information content (AvgIpc) is 3.57. The minimum atomic E-state index is -2.65. The first-order chi connectivity index (χ1) is 19.5. The highest BCUT2D eigenvalue weighted by Gasteiger charge is 2.62. The first-order valence-corrected chi connectivity index (χ1v) is 33.5. The van der Waals surface area contributed by atoms with Crippen molar-refractivity contribution in [3.8, 4) is 0 Å². The van der Waals surface area contributed by atoms with Crippen molar-refractivity contribution in [2.75, 3.05) is 32.7 Å². The molecular weight excluding hydrogens is 625 g/mol. The molecule has 6 nitrogen and oxygen atoms in total. The molecule has 1 heterocycles. The maximum absolute atomic E-state index is 7.66. The molecule has 1 aliphatic heterocycles. The van der Waals surface area contributed by atoms with Crippen LogP contribution in [0, 0.1) is 29.1 Å². The van der Waals surface area contributed by atoms with E-state index in [1.54, 1.807) is 0 Å². The van der Waals surface area contributed by atoms with Crippen molar-refractivity contribution in [3.63, 3.8) is 0 Å². The lowest BCUT2D eigenvalue weighted by Gasteiger charge is -2.49. The van der Waals surface area contributed by atoms with Gasteiger partial charge in [-0.1, -0.05) is 51.8 Å². The summed E-state index contributed by atoms with van der Waals surface area (Å²) in [5, 5.41) is 0. The van der Waals surface area contributed by atoms with Crippen molar-refractivity contribution in [3.05, 3.63) is 12.2 Å². The Kier molecular flexibility index (Phi) is 11.8. The normalized spacial score (nSPS) is 31.4. The molecule has 0 spiro atoms. The molecule has 42 heavy (non-hydrogen) atoms. The monoisotopic (exact) mass is 686 g/mol. The summed E-state index contributed by atoms with van der Waals surface area (Å²) >= 11 is 0. The summed E-state index contributed by atoms with van der Waals surface area (Å²) in [6, 6.07) is 0.964. The number of hydrogen-bond acceptors (Lipinski definition) is 6. The first-order valence-electron chi connectivity index (χ1n) is 16.7. The molecule has 242 valence electrons. The first kappa shape index (κ1) is 35.7. The lowest BCUT2D eigenvalue weighted by molar-refractivity contribution is -0.150. The van der Waals surface area contributed by atoms with Crippen molar-refractivity contribution in [1.82, 2.24) is 0 Å². The van der Waals surface area contributed by atoms with E-state index in [0.29, 0.717) is 11.5 Å². The van der Waals surface area contributed by atoms with Crippen molar-refractivity contribution in [2.45, 2.75) is 116 Å².